The molecule has 2 aromatic rings. The Kier molecular flexibility index (Phi) is 6.30. The fourth-order valence-corrected chi connectivity index (χ4v) is 2.62. The first-order chi connectivity index (χ1) is 15.7. The molecule has 3 rings (SSSR count). The third-order valence-electron chi connectivity index (χ3n) is 4.30. The highest BCUT2D eigenvalue weighted by atomic mass is 19.4. The predicted octanol–water partition coefficient (Wildman–Crippen LogP) is 2.34. The average Bonchev–Trinajstić information content (AvgIpc) is 2.72. The first-order valence-electron chi connectivity index (χ1n) is 9.04. The molecule has 1 amide bonds. The number of halogens is 6. The van der Waals surface area contributed by atoms with Crippen LogP contribution < -0.4 is 26.3 Å². The van der Waals surface area contributed by atoms with Gasteiger partial charge in [-0.05, 0) is 19.1 Å². The average molecular weight is 495 g/mol. The van der Waals surface area contributed by atoms with Crippen LogP contribution in [0.2, 0.25) is 0 Å². The zero-order chi connectivity index (χ0) is 25.3. The van der Waals surface area contributed by atoms with Crippen molar-refractivity contribution in [3.63, 3.8) is 0 Å². The number of nitrogens with two attached hydrogens (primary N) is 2. The van der Waals surface area contributed by atoms with Crippen LogP contribution in [-0.2, 0) is 10.3 Å². The van der Waals surface area contributed by atoms with Crippen LogP contribution >= 0.6 is 0 Å². The van der Waals surface area contributed by atoms with E-state index >= 15 is 0 Å². The third-order valence-corrected chi connectivity index (χ3v) is 4.30. The summed E-state index contributed by atoms with van der Waals surface area (Å²) < 4.78 is 93.5. The monoisotopic (exact) mass is 495 g/mol. The summed E-state index contributed by atoms with van der Waals surface area (Å²) in [4.78, 5) is 26.3. The van der Waals surface area contributed by atoms with Crippen LogP contribution in [0.25, 0.3) is 0 Å². The lowest BCUT2D eigenvalue weighted by Gasteiger charge is -2.36. The summed E-state index contributed by atoms with van der Waals surface area (Å²) in [5.74, 6) is -7.08. The molecular weight excluding hydrogens is 480 g/mol. The van der Waals surface area contributed by atoms with Crippen molar-refractivity contribution < 1.29 is 45.3 Å². The number of amidine groups is 1. The Morgan fingerprint density at radius 3 is 2.62 bits per heavy atom. The molecule has 17 heteroatoms. The summed E-state index contributed by atoms with van der Waals surface area (Å²) in [5.41, 5.74) is 7.44. The summed E-state index contributed by atoms with van der Waals surface area (Å²) >= 11 is 0. The fraction of sp³-hybridized carbons (Fsp3) is 0.353. The number of nitrogens with zero attached hydrogens (tertiary/aromatic N) is 4. The van der Waals surface area contributed by atoms with Crippen LogP contribution in [0.3, 0.4) is 0 Å². The van der Waals surface area contributed by atoms with Crippen molar-refractivity contribution in [3.05, 3.63) is 29.8 Å². The Morgan fingerprint density at radius 2 is 1.97 bits per heavy atom. The molecule has 0 saturated heterocycles. The molecule has 0 unspecified atom stereocenters. The number of hydrogen-bond donors (Lipinski definition) is 3. The molecule has 0 aromatic carbocycles. The largest absolute Gasteiger partial charge is 0.467 e. The Balaban J connectivity index is 1.76. The number of pyridine rings is 1. The van der Waals surface area contributed by atoms with E-state index < -0.39 is 77.9 Å². The Morgan fingerprint density at radius 1 is 1.26 bits per heavy atom. The molecule has 34 heavy (non-hydrogen) atoms. The van der Waals surface area contributed by atoms with Gasteiger partial charge in [-0.15, -0.1) is 0 Å². The molecule has 11 nitrogen and oxygen atoms in total. The van der Waals surface area contributed by atoms with E-state index in [0.717, 1.165) is 25.3 Å². The van der Waals surface area contributed by atoms with E-state index in [9.17, 15) is 31.1 Å². The first kappa shape index (κ1) is 24.6. The quantitative estimate of drug-likeness (QED) is 0.529. The molecule has 5 N–H and O–H groups in total. The number of nitrogens with one attached hydrogen (secondary N) is 1. The second kappa shape index (κ2) is 8.71. The number of nitrogen functional groups attached to an aromatic ring is 1. The van der Waals surface area contributed by atoms with Gasteiger partial charge in [0.05, 0.1) is 6.20 Å². The van der Waals surface area contributed by atoms with E-state index in [1.54, 1.807) is 0 Å². The molecule has 1 atom stereocenters. The summed E-state index contributed by atoms with van der Waals surface area (Å²) in [5, 5.41) is 2.04. The van der Waals surface area contributed by atoms with Gasteiger partial charge in [0.25, 0.3) is 11.9 Å². The van der Waals surface area contributed by atoms with Crippen LogP contribution in [0.1, 0.15) is 12.6 Å². The Hall–Kier alpha value is -4.05. The highest BCUT2D eigenvalue weighted by molar-refractivity contribution is 5.85. The van der Waals surface area contributed by atoms with E-state index in [1.165, 1.54) is 0 Å². The van der Waals surface area contributed by atoms with Crippen molar-refractivity contribution in [3.8, 4) is 11.8 Å². The molecule has 0 spiro atoms. The number of rotatable bonds is 5. The molecule has 1 aliphatic rings. The highest BCUT2D eigenvalue weighted by Gasteiger charge is 2.57. The summed E-state index contributed by atoms with van der Waals surface area (Å²) in [6, 6.07) is 1.09. The van der Waals surface area contributed by atoms with Gasteiger partial charge < -0.3 is 25.7 Å². The number of aromatic nitrogens is 3. The molecule has 0 aliphatic carbocycles. The van der Waals surface area contributed by atoms with Gasteiger partial charge in [0.1, 0.15) is 17.3 Å². The number of ether oxygens (including phenoxy) is 3. The minimum atomic E-state index is -4.63. The molecule has 1 aliphatic heterocycles. The van der Waals surface area contributed by atoms with Gasteiger partial charge in [-0.25, -0.2) is 24.1 Å². The number of anilines is 2. The van der Waals surface area contributed by atoms with Gasteiger partial charge in [-0.3, -0.25) is 5.32 Å². The normalized spacial score (nSPS) is 19.6. The third kappa shape index (κ3) is 5.29. The second-order valence-corrected chi connectivity index (χ2v) is 6.86. The van der Waals surface area contributed by atoms with E-state index in [4.69, 9.17) is 16.2 Å². The number of hydrogen-bond acceptors (Lipinski definition) is 10. The topological polar surface area (TPSA) is 160 Å². The maximum Gasteiger partial charge on any atom is 0.422 e. The van der Waals surface area contributed by atoms with Gasteiger partial charge in [0, 0.05) is 0 Å². The molecule has 0 radical (unpaired) electrons. The van der Waals surface area contributed by atoms with Gasteiger partial charge in [0.15, 0.2) is 24.6 Å². The standard InChI is InChI=1S/C17H15F6N7O4/c1-15(16(19,20)5-33-13(25)30-15)10-7(18)2-3-8(27-10)28-14(31)34-12-11(24)29-9(4-26-12)32-6-17(21,22)23/h2-4H,5-6H2,1H3,(H2,24,29)(H2,25,30)(H,27,28,31)/t15-/m1/s1. The van der Waals surface area contributed by atoms with Gasteiger partial charge in [-0.1, -0.05) is 0 Å². The molecule has 184 valence electrons. The molecule has 0 bridgehead atoms. The van der Waals surface area contributed by atoms with E-state index in [-0.39, 0.29) is 0 Å². The van der Waals surface area contributed by atoms with Crippen molar-refractivity contribution in [1.29, 1.82) is 0 Å². The second-order valence-electron chi connectivity index (χ2n) is 6.86. The SMILES string of the molecule is C[C@]1(c2nc(NC(=O)Oc3ncc(OCC(F)(F)F)nc3N)ccc2F)N=C(N)OCC1(F)F. The minimum Gasteiger partial charge on any atom is -0.467 e. The smallest absolute Gasteiger partial charge is 0.422 e. The van der Waals surface area contributed by atoms with Crippen LogP contribution in [0.15, 0.2) is 23.3 Å². The van der Waals surface area contributed by atoms with Crippen LogP contribution in [0.4, 0.5) is 42.8 Å². The summed E-state index contributed by atoms with van der Waals surface area (Å²) in [7, 11) is 0. The molecule has 2 aromatic heterocycles. The zero-order valence-corrected chi connectivity index (χ0v) is 17.0. The van der Waals surface area contributed by atoms with Gasteiger partial charge in [0.2, 0.25) is 5.88 Å². The maximum atomic E-state index is 14.5. The van der Waals surface area contributed by atoms with Gasteiger partial charge >= 0.3 is 18.2 Å². The van der Waals surface area contributed by atoms with Crippen molar-refractivity contribution >= 4 is 23.8 Å². The van der Waals surface area contributed by atoms with Crippen LogP contribution in [0.5, 0.6) is 11.8 Å². The molecule has 0 fully saturated rings. The number of carbonyl (C=O) groups is 1. The molecular formula is C17H15F6N7O4. The van der Waals surface area contributed by atoms with Crippen LogP contribution in [-0.4, -0.2) is 52.4 Å². The van der Waals surface area contributed by atoms with Crippen molar-refractivity contribution in [2.45, 2.75) is 24.6 Å². The summed E-state index contributed by atoms with van der Waals surface area (Å²) in [6.45, 7) is -1.95. The van der Waals surface area contributed by atoms with Crippen molar-refractivity contribution in [2.75, 3.05) is 24.3 Å². The lowest BCUT2D eigenvalue weighted by molar-refractivity contribution is -0.154. The van der Waals surface area contributed by atoms with E-state index in [2.05, 4.69) is 29.4 Å². The van der Waals surface area contributed by atoms with E-state index in [1.807, 2.05) is 5.32 Å². The number of carbonyl (C=O) groups excluding carboxylic acids is 1. The molecule has 0 saturated carbocycles. The highest BCUT2D eigenvalue weighted by Crippen LogP contribution is 2.43. The van der Waals surface area contributed by atoms with E-state index in [0.29, 0.717) is 0 Å². The fourth-order valence-electron chi connectivity index (χ4n) is 2.62. The first-order valence-corrected chi connectivity index (χ1v) is 9.04. The maximum absolute atomic E-state index is 14.5. The zero-order valence-electron chi connectivity index (χ0n) is 17.0. The predicted molar refractivity (Wildman–Crippen MR) is 102 cm³/mol. The number of amides is 1. The Labute approximate surface area is 186 Å². The molecule has 3 heterocycles. The number of alkyl halides is 5. The summed E-state index contributed by atoms with van der Waals surface area (Å²) in [6.07, 6.45) is -5.22. The number of aliphatic imine (C=N–C) groups is 1. The van der Waals surface area contributed by atoms with Crippen LogP contribution in [0, 0.1) is 5.82 Å². The van der Waals surface area contributed by atoms with Gasteiger partial charge in [-0.2, -0.15) is 26.9 Å². The lowest BCUT2D eigenvalue weighted by Crippen LogP contribution is -2.51. The Bertz CT molecular complexity index is 1130. The van der Waals surface area contributed by atoms with Crippen molar-refractivity contribution in [2.24, 2.45) is 10.7 Å². The lowest BCUT2D eigenvalue weighted by atomic mass is 9.89. The van der Waals surface area contributed by atoms with Crippen molar-refractivity contribution in [1.82, 2.24) is 15.0 Å². The minimum absolute atomic E-state index is 0.421.